The first kappa shape index (κ1) is 17.6. The Morgan fingerprint density at radius 2 is 1.88 bits per heavy atom. The lowest BCUT2D eigenvalue weighted by Crippen LogP contribution is -2.35. The number of methoxy groups -OCH3 is 1. The van der Waals surface area contributed by atoms with Gasteiger partial charge in [-0.3, -0.25) is 0 Å². The molecule has 0 atom stereocenters. The fourth-order valence-electron chi connectivity index (χ4n) is 2.72. The van der Waals surface area contributed by atoms with Crippen LogP contribution >= 0.6 is 0 Å². The molecular formula is C17H22N4O3S. The maximum atomic E-state index is 12.6. The maximum Gasteiger partial charge on any atom is 0.244 e. The van der Waals surface area contributed by atoms with Crippen molar-refractivity contribution in [1.29, 1.82) is 0 Å². The van der Waals surface area contributed by atoms with Crippen molar-refractivity contribution in [3.8, 4) is 5.88 Å². The lowest BCUT2D eigenvalue weighted by Gasteiger charge is -2.25. The van der Waals surface area contributed by atoms with Crippen molar-refractivity contribution in [2.24, 2.45) is 0 Å². The van der Waals surface area contributed by atoms with E-state index < -0.39 is 10.0 Å². The summed E-state index contributed by atoms with van der Waals surface area (Å²) in [4.78, 5) is 8.61. The van der Waals surface area contributed by atoms with E-state index in [0.29, 0.717) is 31.3 Å². The minimum Gasteiger partial charge on any atom is -0.481 e. The van der Waals surface area contributed by atoms with Crippen LogP contribution in [0.15, 0.2) is 41.6 Å². The molecule has 8 heteroatoms. The third-order valence-corrected chi connectivity index (χ3v) is 6.05. The second kappa shape index (κ2) is 7.79. The van der Waals surface area contributed by atoms with E-state index in [4.69, 9.17) is 4.74 Å². The Morgan fingerprint density at radius 3 is 2.48 bits per heavy atom. The molecular weight excluding hydrogens is 340 g/mol. The topological polar surface area (TPSA) is 84.4 Å². The smallest absolute Gasteiger partial charge is 0.244 e. The first-order valence-corrected chi connectivity index (χ1v) is 9.72. The van der Waals surface area contributed by atoms with Crippen molar-refractivity contribution in [2.45, 2.75) is 30.7 Å². The van der Waals surface area contributed by atoms with Gasteiger partial charge in [-0.2, -0.15) is 4.31 Å². The molecule has 1 aliphatic heterocycles. The Kier molecular flexibility index (Phi) is 5.50. The highest BCUT2D eigenvalue weighted by atomic mass is 32.2. The molecule has 0 aliphatic carbocycles. The van der Waals surface area contributed by atoms with Gasteiger partial charge < -0.3 is 10.1 Å². The molecule has 134 valence electrons. The number of nitrogens with one attached hydrogen (secondary N) is 1. The molecule has 2 aromatic rings. The molecule has 1 N–H and O–H groups in total. The Morgan fingerprint density at radius 1 is 1.08 bits per heavy atom. The summed E-state index contributed by atoms with van der Waals surface area (Å²) >= 11 is 0. The minimum atomic E-state index is -3.43. The highest BCUT2D eigenvalue weighted by Gasteiger charge is 2.26. The number of ether oxygens (including phenoxy) is 1. The normalized spacial score (nSPS) is 15.7. The molecule has 1 aliphatic rings. The van der Waals surface area contributed by atoms with Gasteiger partial charge in [-0.15, -0.1) is 0 Å². The Balaban J connectivity index is 1.63. The highest BCUT2D eigenvalue weighted by Crippen LogP contribution is 2.20. The van der Waals surface area contributed by atoms with Gasteiger partial charge in [-0.1, -0.05) is 12.5 Å². The summed E-state index contributed by atoms with van der Waals surface area (Å²) in [6.07, 6.45) is 6.07. The number of hydrogen-bond donors (Lipinski definition) is 1. The van der Waals surface area contributed by atoms with Crippen LogP contribution in [0, 0.1) is 0 Å². The number of rotatable bonds is 6. The van der Waals surface area contributed by atoms with Crippen LogP contribution in [0.2, 0.25) is 0 Å². The van der Waals surface area contributed by atoms with E-state index in [1.54, 1.807) is 35.8 Å². The van der Waals surface area contributed by atoms with Crippen LogP contribution in [-0.4, -0.2) is 42.9 Å². The second-order valence-electron chi connectivity index (χ2n) is 5.91. The first-order chi connectivity index (χ1) is 12.1. The highest BCUT2D eigenvalue weighted by molar-refractivity contribution is 7.89. The molecule has 7 nitrogen and oxygen atoms in total. The van der Waals surface area contributed by atoms with Crippen LogP contribution in [0.4, 0.5) is 5.82 Å². The van der Waals surface area contributed by atoms with Gasteiger partial charge in [0, 0.05) is 38.1 Å². The van der Waals surface area contributed by atoms with E-state index in [1.807, 2.05) is 6.07 Å². The van der Waals surface area contributed by atoms with Gasteiger partial charge in [-0.25, -0.2) is 18.4 Å². The molecule has 2 aromatic heterocycles. The van der Waals surface area contributed by atoms with Gasteiger partial charge in [0.2, 0.25) is 15.9 Å². The summed E-state index contributed by atoms with van der Waals surface area (Å²) in [7, 11) is -1.86. The number of anilines is 1. The fraction of sp³-hybridized carbons (Fsp3) is 0.412. The summed E-state index contributed by atoms with van der Waals surface area (Å²) in [5.74, 6) is 1.18. The predicted molar refractivity (Wildman–Crippen MR) is 95.0 cm³/mol. The van der Waals surface area contributed by atoms with Gasteiger partial charge in [0.25, 0.3) is 0 Å². The predicted octanol–water partition coefficient (Wildman–Crippen LogP) is 2.27. The molecule has 3 rings (SSSR count). The third kappa shape index (κ3) is 4.26. The molecule has 1 fully saturated rings. The number of hydrogen-bond acceptors (Lipinski definition) is 6. The van der Waals surface area contributed by atoms with Crippen LogP contribution in [0.5, 0.6) is 5.88 Å². The lowest BCUT2D eigenvalue weighted by atomic mass is 10.2. The Labute approximate surface area is 148 Å². The van der Waals surface area contributed by atoms with E-state index in [9.17, 15) is 8.42 Å². The van der Waals surface area contributed by atoms with Crippen molar-refractivity contribution in [1.82, 2.24) is 14.3 Å². The zero-order valence-electron chi connectivity index (χ0n) is 14.2. The van der Waals surface area contributed by atoms with E-state index >= 15 is 0 Å². The molecule has 0 unspecified atom stereocenters. The monoisotopic (exact) mass is 362 g/mol. The summed E-state index contributed by atoms with van der Waals surface area (Å²) in [6.45, 7) is 1.72. The van der Waals surface area contributed by atoms with Crippen LogP contribution < -0.4 is 10.1 Å². The largest absolute Gasteiger partial charge is 0.481 e. The number of nitrogens with zero attached hydrogens (tertiary/aromatic N) is 3. The summed E-state index contributed by atoms with van der Waals surface area (Å²) in [6, 6.07) is 6.99. The molecule has 25 heavy (non-hydrogen) atoms. The van der Waals surface area contributed by atoms with Gasteiger partial charge >= 0.3 is 0 Å². The quantitative estimate of drug-likeness (QED) is 0.849. The number of sulfonamides is 1. The van der Waals surface area contributed by atoms with Crippen molar-refractivity contribution >= 4 is 15.8 Å². The second-order valence-corrected chi connectivity index (χ2v) is 7.84. The van der Waals surface area contributed by atoms with Crippen LogP contribution in [0.1, 0.15) is 24.8 Å². The summed E-state index contributed by atoms with van der Waals surface area (Å²) in [5.41, 5.74) is 0.979. The molecule has 3 heterocycles. The summed E-state index contributed by atoms with van der Waals surface area (Å²) < 4.78 is 31.7. The number of pyridine rings is 2. The van der Waals surface area contributed by atoms with Gasteiger partial charge in [0.05, 0.1) is 7.11 Å². The lowest BCUT2D eigenvalue weighted by molar-refractivity contribution is 0.346. The van der Waals surface area contributed by atoms with E-state index in [0.717, 1.165) is 24.8 Å². The molecule has 0 aromatic carbocycles. The zero-order chi connectivity index (χ0) is 17.7. The van der Waals surface area contributed by atoms with Crippen LogP contribution in [0.3, 0.4) is 0 Å². The SMILES string of the molecule is COc1ccc(CNc2ccc(S(=O)(=O)N3CCCCC3)cn2)cn1. The van der Waals surface area contributed by atoms with E-state index in [2.05, 4.69) is 15.3 Å². The molecule has 0 bridgehead atoms. The van der Waals surface area contributed by atoms with E-state index in [-0.39, 0.29) is 4.90 Å². The van der Waals surface area contributed by atoms with Gasteiger partial charge in [-0.05, 0) is 30.5 Å². The standard InChI is InChI=1S/C17H22N4O3S/c1-24-17-8-5-14(12-20-17)11-18-16-7-6-15(13-19-16)25(22,23)21-9-3-2-4-10-21/h5-8,12-13H,2-4,9-11H2,1H3,(H,18,19). The molecule has 0 saturated carbocycles. The average Bonchev–Trinajstić information content (AvgIpc) is 2.68. The van der Waals surface area contributed by atoms with Crippen LogP contribution in [0.25, 0.3) is 0 Å². The van der Waals surface area contributed by atoms with Gasteiger partial charge in [0.1, 0.15) is 10.7 Å². The number of aromatic nitrogens is 2. The van der Waals surface area contributed by atoms with Gasteiger partial charge in [0.15, 0.2) is 0 Å². The Bertz CT molecular complexity index is 786. The maximum absolute atomic E-state index is 12.6. The van der Waals surface area contributed by atoms with Crippen molar-refractivity contribution in [3.63, 3.8) is 0 Å². The zero-order valence-corrected chi connectivity index (χ0v) is 15.0. The fourth-order valence-corrected chi connectivity index (χ4v) is 4.18. The van der Waals surface area contributed by atoms with Crippen molar-refractivity contribution in [3.05, 3.63) is 42.2 Å². The Hall–Kier alpha value is -2.19. The van der Waals surface area contributed by atoms with E-state index in [1.165, 1.54) is 6.20 Å². The molecule has 0 spiro atoms. The van der Waals surface area contributed by atoms with Crippen molar-refractivity contribution in [2.75, 3.05) is 25.5 Å². The van der Waals surface area contributed by atoms with Crippen LogP contribution in [-0.2, 0) is 16.6 Å². The third-order valence-electron chi connectivity index (χ3n) is 4.17. The molecule has 0 radical (unpaired) electrons. The number of piperidine rings is 1. The summed E-state index contributed by atoms with van der Waals surface area (Å²) in [5, 5.41) is 3.16. The molecule has 0 amide bonds. The average molecular weight is 362 g/mol. The first-order valence-electron chi connectivity index (χ1n) is 8.28. The molecule has 1 saturated heterocycles. The minimum absolute atomic E-state index is 0.242. The van der Waals surface area contributed by atoms with Crippen molar-refractivity contribution < 1.29 is 13.2 Å².